The van der Waals surface area contributed by atoms with Crippen LogP contribution in [0.5, 0.6) is 11.5 Å². The third kappa shape index (κ3) is 3.56. The Labute approximate surface area is 134 Å². The number of hydrogen-bond acceptors (Lipinski definition) is 5. The van der Waals surface area contributed by atoms with E-state index in [1.807, 2.05) is 13.8 Å². The Hall–Kier alpha value is -2.28. The fraction of sp³-hybridized carbons (Fsp3) is 0.438. The third-order valence-electron chi connectivity index (χ3n) is 3.77. The molecule has 2 rings (SSSR count). The van der Waals surface area contributed by atoms with Crippen molar-refractivity contribution in [3.63, 3.8) is 0 Å². The first-order valence-electron chi connectivity index (χ1n) is 7.31. The number of anilines is 1. The summed E-state index contributed by atoms with van der Waals surface area (Å²) in [6, 6.07) is 2.85. The highest BCUT2D eigenvalue weighted by Crippen LogP contribution is 2.32. The second kappa shape index (κ2) is 7.32. The summed E-state index contributed by atoms with van der Waals surface area (Å²) in [7, 11) is 2.93. The van der Waals surface area contributed by atoms with Gasteiger partial charge in [-0.1, -0.05) is 0 Å². The van der Waals surface area contributed by atoms with Crippen LogP contribution in [0.25, 0.3) is 0 Å². The topological polar surface area (TPSA) is 68.5 Å². The molecule has 0 spiro atoms. The first-order valence-corrected chi connectivity index (χ1v) is 7.31. The Balaban J connectivity index is 2.23. The average Bonchev–Trinajstić information content (AvgIpc) is 2.80. The normalized spacial score (nSPS) is 10.7. The fourth-order valence-corrected chi connectivity index (χ4v) is 2.48. The van der Waals surface area contributed by atoms with E-state index >= 15 is 0 Å². The number of hydrogen-bond donors (Lipinski definition) is 2. The van der Waals surface area contributed by atoms with E-state index in [-0.39, 0.29) is 12.4 Å². The van der Waals surface area contributed by atoms with Gasteiger partial charge in [-0.2, -0.15) is 5.10 Å². The fourth-order valence-electron chi connectivity index (χ4n) is 2.48. The number of halogens is 1. The quantitative estimate of drug-likeness (QED) is 0.818. The van der Waals surface area contributed by atoms with Crippen molar-refractivity contribution in [2.45, 2.75) is 26.9 Å². The molecule has 0 fully saturated rings. The molecule has 0 aliphatic rings. The number of aryl methyl sites for hydroxylation is 1. The van der Waals surface area contributed by atoms with Crippen LogP contribution in [0.3, 0.4) is 0 Å². The van der Waals surface area contributed by atoms with E-state index in [0.717, 1.165) is 17.0 Å². The number of aromatic nitrogens is 2. The Morgan fingerprint density at radius 1 is 1.22 bits per heavy atom. The summed E-state index contributed by atoms with van der Waals surface area (Å²) in [6.07, 6.45) is 0. The van der Waals surface area contributed by atoms with Crippen molar-refractivity contribution in [3.05, 3.63) is 34.9 Å². The number of rotatable bonds is 7. The molecule has 1 aromatic carbocycles. The molecule has 2 aromatic rings. The van der Waals surface area contributed by atoms with Gasteiger partial charge in [0.15, 0.2) is 11.6 Å². The highest BCUT2D eigenvalue weighted by atomic mass is 19.1. The lowest BCUT2D eigenvalue weighted by Crippen LogP contribution is -2.07. The van der Waals surface area contributed by atoms with E-state index < -0.39 is 5.82 Å². The molecule has 0 atom stereocenters. The number of aliphatic hydroxyl groups excluding tert-OH is 1. The van der Waals surface area contributed by atoms with E-state index in [1.54, 1.807) is 4.68 Å². The van der Waals surface area contributed by atoms with Crippen molar-refractivity contribution in [3.8, 4) is 11.5 Å². The zero-order valence-electron chi connectivity index (χ0n) is 13.8. The second-order valence-electron chi connectivity index (χ2n) is 5.14. The molecule has 126 valence electrons. The monoisotopic (exact) mass is 323 g/mol. The summed E-state index contributed by atoms with van der Waals surface area (Å²) in [5.74, 6) is 0.178. The van der Waals surface area contributed by atoms with Gasteiger partial charge in [0.2, 0.25) is 0 Å². The van der Waals surface area contributed by atoms with Crippen LogP contribution in [0.4, 0.5) is 10.1 Å². The minimum Gasteiger partial charge on any atom is -0.494 e. The Bertz CT molecular complexity index is 686. The molecule has 0 unspecified atom stereocenters. The van der Waals surface area contributed by atoms with Gasteiger partial charge in [0.1, 0.15) is 5.75 Å². The van der Waals surface area contributed by atoms with Gasteiger partial charge in [0, 0.05) is 29.9 Å². The van der Waals surface area contributed by atoms with E-state index in [9.17, 15) is 4.39 Å². The van der Waals surface area contributed by atoms with Crippen molar-refractivity contribution < 1.29 is 19.0 Å². The third-order valence-corrected chi connectivity index (χ3v) is 3.77. The first-order chi connectivity index (χ1) is 11.0. The molecule has 0 saturated heterocycles. The number of ether oxygens (including phenoxy) is 2. The van der Waals surface area contributed by atoms with Crippen LogP contribution in [0.2, 0.25) is 0 Å². The zero-order valence-corrected chi connectivity index (χ0v) is 13.8. The largest absolute Gasteiger partial charge is 0.494 e. The van der Waals surface area contributed by atoms with Crippen molar-refractivity contribution in [1.29, 1.82) is 0 Å². The highest BCUT2D eigenvalue weighted by Gasteiger charge is 2.14. The predicted molar refractivity (Wildman–Crippen MR) is 85.6 cm³/mol. The van der Waals surface area contributed by atoms with Gasteiger partial charge < -0.3 is 19.9 Å². The van der Waals surface area contributed by atoms with Gasteiger partial charge in [-0.3, -0.25) is 4.68 Å². The number of aliphatic hydroxyl groups is 1. The minimum atomic E-state index is -0.458. The van der Waals surface area contributed by atoms with E-state index in [1.165, 1.54) is 26.4 Å². The van der Waals surface area contributed by atoms with Crippen LogP contribution < -0.4 is 14.8 Å². The van der Waals surface area contributed by atoms with Gasteiger partial charge in [0.25, 0.3) is 0 Å². The molecular weight excluding hydrogens is 301 g/mol. The lowest BCUT2D eigenvalue weighted by molar-refractivity contribution is 0.268. The number of nitrogens with one attached hydrogen (secondary N) is 1. The van der Waals surface area contributed by atoms with E-state index in [2.05, 4.69) is 10.4 Å². The Morgan fingerprint density at radius 2 is 1.91 bits per heavy atom. The van der Waals surface area contributed by atoms with Gasteiger partial charge >= 0.3 is 0 Å². The smallest absolute Gasteiger partial charge is 0.167 e. The zero-order chi connectivity index (χ0) is 17.0. The average molecular weight is 323 g/mol. The molecular formula is C16H22FN3O3. The Kier molecular flexibility index (Phi) is 5.44. The number of methoxy groups -OCH3 is 2. The van der Waals surface area contributed by atoms with E-state index in [4.69, 9.17) is 14.6 Å². The maximum absolute atomic E-state index is 13.9. The predicted octanol–water partition coefficient (Wildman–Crippen LogP) is 2.26. The van der Waals surface area contributed by atoms with Crippen molar-refractivity contribution in [2.75, 3.05) is 26.1 Å². The molecule has 0 saturated carbocycles. The molecule has 0 radical (unpaired) electrons. The molecule has 6 nitrogen and oxygen atoms in total. The van der Waals surface area contributed by atoms with Crippen LogP contribution >= 0.6 is 0 Å². The van der Waals surface area contributed by atoms with Crippen LogP contribution in [0, 0.1) is 19.7 Å². The summed E-state index contributed by atoms with van der Waals surface area (Å²) in [4.78, 5) is 0. The summed E-state index contributed by atoms with van der Waals surface area (Å²) in [6.45, 7) is 4.81. The maximum Gasteiger partial charge on any atom is 0.167 e. The van der Waals surface area contributed by atoms with Gasteiger partial charge in [0.05, 0.1) is 38.8 Å². The molecule has 23 heavy (non-hydrogen) atoms. The van der Waals surface area contributed by atoms with Crippen molar-refractivity contribution in [1.82, 2.24) is 9.78 Å². The van der Waals surface area contributed by atoms with Gasteiger partial charge in [-0.25, -0.2) is 4.39 Å². The van der Waals surface area contributed by atoms with E-state index in [0.29, 0.717) is 24.5 Å². The van der Waals surface area contributed by atoms with Crippen LogP contribution in [0.15, 0.2) is 12.1 Å². The van der Waals surface area contributed by atoms with Gasteiger partial charge in [-0.15, -0.1) is 0 Å². The van der Waals surface area contributed by atoms with Crippen molar-refractivity contribution >= 4 is 5.69 Å². The number of benzene rings is 1. The molecule has 0 aliphatic heterocycles. The molecule has 1 heterocycles. The summed E-state index contributed by atoms with van der Waals surface area (Å²) in [5, 5.41) is 16.6. The van der Waals surface area contributed by atoms with Gasteiger partial charge in [-0.05, 0) is 13.8 Å². The molecule has 2 N–H and O–H groups in total. The molecule has 0 amide bonds. The molecule has 0 aliphatic carbocycles. The summed E-state index contributed by atoms with van der Waals surface area (Å²) in [5.41, 5.74) is 3.39. The van der Waals surface area contributed by atoms with Crippen LogP contribution in [-0.2, 0) is 13.1 Å². The Morgan fingerprint density at radius 3 is 2.52 bits per heavy atom. The summed E-state index contributed by atoms with van der Waals surface area (Å²) < 4.78 is 25.9. The highest BCUT2D eigenvalue weighted by molar-refractivity contribution is 5.60. The van der Waals surface area contributed by atoms with Crippen molar-refractivity contribution in [2.24, 2.45) is 0 Å². The molecule has 1 aromatic heterocycles. The standard InChI is InChI=1S/C16H22FN3O3/c1-10-12(11(2)20(19-10)5-6-21)9-18-14-7-13(17)15(22-3)8-16(14)23-4/h7-8,18,21H,5-6,9H2,1-4H3. The SMILES string of the molecule is COc1cc(OC)c(NCc2c(C)nn(CCO)c2C)cc1F. The molecule has 7 heteroatoms. The number of nitrogens with zero attached hydrogens (tertiary/aromatic N) is 2. The second-order valence-corrected chi connectivity index (χ2v) is 5.14. The maximum atomic E-state index is 13.9. The summed E-state index contributed by atoms with van der Waals surface area (Å²) >= 11 is 0. The minimum absolute atomic E-state index is 0.0341. The van der Waals surface area contributed by atoms with Crippen LogP contribution in [-0.4, -0.2) is 35.7 Å². The molecule has 0 bridgehead atoms. The lowest BCUT2D eigenvalue weighted by Gasteiger charge is -2.13. The first kappa shape index (κ1) is 17.1. The van der Waals surface area contributed by atoms with Crippen LogP contribution in [0.1, 0.15) is 17.0 Å². The lowest BCUT2D eigenvalue weighted by atomic mass is 10.2.